The van der Waals surface area contributed by atoms with Gasteiger partial charge in [0.25, 0.3) is 0 Å². The van der Waals surface area contributed by atoms with Crippen molar-refractivity contribution in [1.82, 2.24) is 15.5 Å². The van der Waals surface area contributed by atoms with Gasteiger partial charge in [-0.2, -0.15) is 0 Å². The maximum absolute atomic E-state index is 5.46. The summed E-state index contributed by atoms with van der Waals surface area (Å²) in [5.41, 5.74) is 3.69. The summed E-state index contributed by atoms with van der Waals surface area (Å²) in [6.07, 6.45) is 1.71. The molecule has 0 aliphatic heterocycles. The lowest BCUT2D eigenvalue weighted by Crippen LogP contribution is -2.36. The van der Waals surface area contributed by atoms with Crippen LogP contribution in [0, 0.1) is 0 Å². The molecule has 0 aliphatic rings. The van der Waals surface area contributed by atoms with E-state index in [1.54, 1.807) is 20.4 Å². The molecule has 1 heterocycles. The van der Waals surface area contributed by atoms with Gasteiger partial charge in [-0.3, -0.25) is 9.89 Å². The van der Waals surface area contributed by atoms with E-state index in [0.717, 1.165) is 30.6 Å². The van der Waals surface area contributed by atoms with E-state index in [1.165, 1.54) is 16.7 Å². The van der Waals surface area contributed by atoms with Gasteiger partial charge < -0.3 is 19.8 Å². The van der Waals surface area contributed by atoms with E-state index < -0.39 is 0 Å². The molecule has 31 heavy (non-hydrogen) atoms. The molecule has 0 saturated heterocycles. The fourth-order valence-electron chi connectivity index (χ4n) is 3.23. The highest BCUT2D eigenvalue weighted by Gasteiger charge is 2.08. The number of nitrogens with zero attached hydrogens (tertiary/aromatic N) is 2. The molecule has 6 nitrogen and oxygen atoms in total. The number of hydrogen-bond donors (Lipinski definition) is 2. The highest BCUT2D eigenvalue weighted by Crippen LogP contribution is 2.14. The third-order valence-corrected chi connectivity index (χ3v) is 4.85. The van der Waals surface area contributed by atoms with Gasteiger partial charge in [0.1, 0.15) is 11.5 Å². The van der Waals surface area contributed by atoms with E-state index in [-0.39, 0.29) is 24.0 Å². The van der Waals surface area contributed by atoms with Gasteiger partial charge in [0.15, 0.2) is 5.96 Å². The van der Waals surface area contributed by atoms with E-state index in [1.807, 2.05) is 36.4 Å². The number of ether oxygens (including phenoxy) is 1. The molecule has 0 saturated carbocycles. The molecular formula is C24H31IN4O2. The van der Waals surface area contributed by atoms with Crippen molar-refractivity contribution in [2.24, 2.45) is 4.99 Å². The molecule has 1 aromatic heterocycles. The Morgan fingerprint density at radius 3 is 2.29 bits per heavy atom. The molecule has 0 fully saturated rings. The van der Waals surface area contributed by atoms with Crippen molar-refractivity contribution in [3.63, 3.8) is 0 Å². The summed E-state index contributed by atoms with van der Waals surface area (Å²) in [4.78, 5) is 6.58. The van der Waals surface area contributed by atoms with E-state index in [0.29, 0.717) is 13.1 Å². The summed E-state index contributed by atoms with van der Waals surface area (Å²) in [6.45, 7) is 3.01. The second-order valence-electron chi connectivity index (χ2n) is 7.15. The lowest BCUT2D eigenvalue weighted by atomic mass is 10.1. The fourth-order valence-corrected chi connectivity index (χ4v) is 3.23. The topological polar surface area (TPSA) is 62.0 Å². The van der Waals surface area contributed by atoms with Crippen LogP contribution in [0.5, 0.6) is 5.75 Å². The molecule has 0 amide bonds. The molecule has 166 valence electrons. The van der Waals surface area contributed by atoms with Crippen LogP contribution >= 0.6 is 24.0 Å². The van der Waals surface area contributed by atoms with Crippen molar-refractivity contribution in [3.05, 3.63) is 89.4 Å². The number of halogens is 1. The molecule has 0 unspecified atom stereocenters. The summed E-state index contributed by atoms with van der Waals surface area (Å²) in [5.74, 6) is 2.59. The largest absolute Gasteiger partial charge is 0.497 e. The van der Waals surface area contributed by atoms with E-state index in [2.05, 4.69) is 51.8 Å². The minimum Gasteiger partial charge on any atom is -0.497 e. The van der Waals surface area contributed by atoms with Crippen LogP contribution in [0.4, 0.5) is 0 Å². The van der Waals surface area contributed by atoms with Crippen LogP contribution in [0.1, 0.15) is 22.5 Å². The first-order valence-corrected chi connectivity index (χ1v) is 10.0. The molecule has 2 aromatic carbocycles. The van der Waals surface area contributed by atoms with Crippen LogP contribution in [0.3, 0.4) is 0 Å². The monoisotopic (exact) mass is 534 g/mol. The first kappa shape index (κ1) is 24.7. The maximum Gasteiger partial charge on any atom is 0.191 e. The maximum atomic E-state index is 5.46. The van der Waals surface area contributed by atoms with Gasteiger partial charge in [-0.15, -0.1) is 24.0 Å². The number of rotatable bonds is 9. The summed E-state index contributed by atoms with van der Waals surface area (Å²) in [6, 6.07) is 20.4. The number of aliphatic imine (C=N–C) groups is 1. The molecule has 0 bridgehead atoms. The Hall–Kier alpha value is -2.52. The Balaban J connectivity index is 0.00000341. The third kappa shape index (κ3) is 7.91. The highest BCUT2D eigenvalue weighted by atomic mass is 127. The molecule has 3 rings (SSSR count). The number of benzene rings is 2. The second-order valence-corrected chi connectivity index (χ2v) is 7.15. The van der Waals surface area contributed by atoms with Gasteiger partial charge in [0.05, 0.1) is 19.9 Å². The zero-order valence-electron chi connectivity index (χ0n) is 18.3. The van der Waals surface area contributed by atoms with Crippen LogP contribution in [0.25, 0.3) is 0 Å². The van der Waals surface area contributed by atoms with Gasteiger partial charge in [-0.25, -0.2) is 0 Å². The molecule has 0 radical (unpaired) electrons. The van der Waals surface area contributed by atoms with Crippen molar-refractivity contribution in [2.75, 3.05) is 21.2 Å². The molecule has 0 aliphatic carbocycles. The van der Waals surface area contributed by atoms with Crippen molar-refractivity contribution < 1.29 is 9.15 Å². The van der Waals surface area contributed by atoms with Gasteiger partial charge in [0, 0.05) is 26.7 Å². The Labute approximate surface area is 201 Å². The highest BCUT2D eigenvalue weighted by molar-refractivity contribution is 14.0. The lowest BCUT2D eigenvalue weighted by Gasteiger charge is -2.19. The smallest absolute Gasteiger partial charge is 0.191 e. The van der Waals surface area contributed by atoms with Gasteiger partial charge in [0.2, 0.25) is 0 Å². The zero-order chi connectivity index (χ0) is 21.2. The average molecular weight is 534 g/mol. The molecule has 0 atom stereocenters. The summed E-state index contributed by atoms with van der Waals surface area (Å²) >= 11 is 0. The number of guanidine groups is 1. The summed E-state index contributed by atoms with van der Waals surface area (Å²) in [5, 5.41) is 6.77. The number of furan rings is 1. The lowest BCUT2D eigenvalue weighted by molar-refractivity contribution is 0.287. The molecular weight excluding hydrogens is 503 g/mol. The van der Waals surface area contributed by atoms with Crippen LogP contribution in [-0.2, 0) is 26.2 Å². The van der Waals surface area contributed by atoms with Crippen molar-refractivity contribution in [3.8, 4) is 5.75 Å². The Bertz CT molecular complexity index is 927. The quantitative estimate of drug-likeness (QED) is 0.242. The van der Waals surface area contributed by atoms with Gasteiger partial charge in [-0.05, 0) is 48.0 Å². The average Bonchev–Trinajstić information content (AvgIpc) is 3.28. The summed E-state index contributed by atoms with van der Waals surface area (Å²) in [7, 11) is 5.56. The first-order chi connectivity index (χ1) is 14.7. The molecule has 3 aromatic rings. The number of hydrogen-bond acceptors (Lipinski definition) is 4. The SMILES string of the molecule is CN=C(NCc1ccc(OC)cc1)NCc1ccccc1CN(C)Cc1ccco1.I. The zero-order valence-corrected chi connectivity index (χ0v) is 20.6. The normalized spacial score (nSPS) is 11.2. The molecule has 2 N–H and O–H groups in total. The molecule has 7 heteroatoms. The number of methoxy groups -OCH3 is 1. The van der Waals surface area contributed by atoms with Crippen molar-refractivity contribution in [1.29, 1.82) is 0 Å². The van der Waals surface area contributed by atoms with E-state index >= 15 is 0 Å². The Morgan fingerprint density at radius 1 is 0.935 bits per heavy atom. The van der Waals surface area contributed by atoms with Crippen LogP contribution in [-0.4, -0.2) is 32.1 Å². The second kappa shape index (κ2) is 13.0. The predicted molar refractivity (Wildman–Crippen MR) is 136 cm³/mol. The standard InChI is InChI=1S/C24H30N4O2.HI/c1-25-24(26-15-19-10-12-22(29-3)13-11-19)27-16-20-7-4-5-8-21(20)17-28(2)18-23-9-6-14-30-23;/h4-14H,15-18H2,1-3H3,(H2,25,26,27);1H. The van der Waals surface area contributed by atoms with Crippen LogP contribution in [0.2, 0.25) is 0 Å². The van der Waals surface area contributed by atoms with Crippen LogP contribution < -0.4 is 15.4 Å². The first-order valence-electron chi connectivity index (χ1n) is 10.0. The van der Waals surface area contributed by atoms with E-state index in [4.69, 9.17) is 9.15 Å². The van der Waals surface area contributed by atoms with Crippen molar-refractivity contribution in [2.45, 2.75) is 26.2 Å². The minimum absolute atomic E-state index is 0. The fraction of sp³-hybridized carbons (Fsp3) is 0.292. The van der Waals surface area contributed by atoms with Crippen LogP contribution in [0.15, 0.2) is 76.3 Å². The predicted octanol–water partition coefficient (Wildman–Crippen LogP) is 4.40. The third-order valence-electron chi connectivity index (χ3n) is 4.85. The van der Waals surface area contributed by atoms with Crippen molar-refractivity contribution >= 4 is 29.9 Å². The van der Waals surface area contributed by atoms with Gasteiger partial charge >= 0.3 is 0 Å². The van der Waals surface area contributed by atoms with Gasteiger partial charge in [-0.1, -0.05) is 36.4 Å². The summed E-state index contributed by atoms with van der Waals surface area (Å²) < 4.78 is 10.7. The Kier molecular flexibility index (Phi) is 10.4. The minimum atomic E-state index is 0. The number of nitrogens with one attached hydrogen (secondary N) is 2. The van der Waals surface area contributed by atoms with E-state index in [9.17, 15) is 0 Å². The Morgan fingerprint density at radius 2 is 1.65 bits per heavy atom. The molecule has 0 spiro atoms.